The van der Waals surface area contributed by atoms with Crippen molar-refractivity contribution < 1.29 is 26.6 Å². The number of allylic oxidation sites excluding steroid dienone is 1. The van der Waals surface area contributed by atoms with Gasteiger partial charge in [0.1, 0.15) is 0 Å². The van der Waals surface area contributed by atoms with Crippen LogP contribution in [0.2, 0.25) is 0 Å². The second-order valence-corrected chi connectivity index (χ2v) is 8.97. The number of hydrogen-bond donors (Lipinski definition) is 0. The molecule has 0 unspecified atom stereocenters. The fourth-order valence-corrected chi connectivity index (χ4v) is 4.91. The molecule has 154 valence electrons. The van der Waals surface area contributed by atoms with E-state index in [1.54, 1.807) is 6.08 Å². The van der Waals surface area contributed by atoms with Crippen LogP contribution in [0.15, 0.2) is 10.5 Å². The van der Waals surface area contributed by atoms with E-state index >= 15 is 0 Å². The molecule has 10 radical (unpaired) electrons. The molecule has 0 bridgehead atoms. The van der Waals surface area contributed by atoms with Gasteiger partial charge in [0.05, 0.1) is 0 Å². The fraction of sp³-hybridized carbons (Fsp3) is 0.435. The topological polar surface area (TPSA) is 29.5 Å². The van der Waals surface area contributed by atoms with Gasteiger partial charge in [-0.05, 0) is 32.1 Å². The second-order valence-electron chi connectivity index (χ2n) is 6.52. The van der Waals surface area contributed by atoms with Crippen LogP contribution in [-0.4, -0.2) is 52.6 Å². The summed E-state index contributed by atoms with van der Waals surface area (Å²) >= 11 is 0.186. The van der Waals surface area contributed by atoms with Crippen molar-refractivity contribution in [1.82, 2.24) is 4.90 Å². The van der Waals surface area contributed by atoms with Gasteiger partial charge in [0.25, 0.3) is 0 Å². The summed E-state index contributed by atoms with van der Waals surface area (Å²) in [6.45, 7) is 6.67. The monoisotopic (exact) mass is 491 g/mol. The first-order valence-corrected chi connectivity index (χ1v) is 11.3. The van der Waals surface area contributed by atoms with Crippen LogP contribution in [0.3, 0.4) is 0 Å². The van der Waals surface area contributed by atoms with Crippen LogP contribution in [0, 0.1) is 62.1 Å². The van der Waals surface area contributed by atoms with E-state index < -0.39 is 0 Å². The molecule has 0 heterocycles. The van der Waals surface area contributed by atoms with Crippen molar-refractivity contribution >= 4 is 20.9 Å². The minimum absolute atomic E-state index is 0. The average Bonchev–Trinajstić information content (AvgIpc) is 3.34. The molecule has 0 saturated heterocycles. The average molecular weight is 490 g/mol. The van der Waals surface area contributed by atoms with Gasteiger partial charge in [0.15, 0.2) is 0 Å². The molecule has 0 aromatic heterocycles. The molecule has 2 saturated carbocycles. The molecule has 2 fully saturated rings. The summed E-state index contributed by atoms with van der Waals surface area (Å²) in [5.41, 5.74) is 0. The van der Waals surface area contributed by atoms with Gasteiger partial charge < -0.3 is 0 Å². The van der Waals surface area contributed by atoms with Gasteiger partial charge in [-0.25, -0.2) is 0 Å². The van der Waals surface area contributed by atoms with E-state index in [4.69, 9.17) is 4.74 Å². The number of unbranched alkanes of at least 4 members (excludes halogenated alkanes) is 1. The third-order valence-corrected chi connectivity index (χ3v) is 6.64. The number of esters is 1. The Kier molecular flexibility index (Phi) is 17.1. The Morgan fingerprint density at radius 3 is 2.21 bits per heavy atom. The Labute approximate surface area is 191 Å². The molecular weight excluding hydrogens is 457 g/mol. The maximum absolute atomic E-state index is 11.8. The summed E-state index contributed by atoms with van der Waals surface area (Å²) in [5, 5.41) is 0. The zero-order chi connectivity index (χ0) is 20.1. The smallest absolute Gasteiger partial charge is 0.0312 e. The standard InChI is InChI=1S/C18H28NO2Se.C5H5.Fe/c1-6-8-10-15(13-18(20)21-7-2)22-17-12-9-11-16(17)14(3)19(4)5;1-2-4-5-3-1;/h9,11-14H,6-8,10H2,1-5H3;1-5H;/q;;+2/b15-13-;;/t14-;;/m1../s1. The first-order valence-electron chi connectivity index (χ1n) is 9.63. The van der Waals surface area contributed by atoms with E-state index in [0.717, 1.165) is 19.3 Å². The van der Waals surface area contributed by atoms with Crippen LogP contribution in [0.25, 0.3) is 0 Å². The Balaban J connectivity index is 0.00000105. The maximum Gasteiger partial charge on any atom is 2.00 e. The van der Waals surface area contributed by atoms with Gasteiger partial charge in [-0.3, -0.25) is 0 Å². The van der Waals surface area contributed by atoms with Crippen molar-refractivity contribution in [3.8, 4) is 0 Å². The van der Waals surface area contributed by atoms with Gasteiger partial charge in [-0.15, -0.1) is 0 Å². The molecule has 0 aromatic rings. The van der Waals surface area contributed by atoms with Crippen molar-refractivity contribution in [3.63, 3.8) is 0 Å². The molecule has 2 rings (SSSR count). The summed E-state index contributed by atoms with van der Waals surface area (Å²) < 4.78 is 6.30. The first kappa shape index (κ1) is 28.2. The Morgan fingerprint density at radius 2 is 1.71 bits per heavy atom. The van der Waals surface area contributed by atoms with E-state index in [1.807, 2.05) is 39.0 Å². The molecule has 0 aromatic carbocycles. The fourth-order valence-electron chi connectivity index (χ4n) is 2.41. The minimum atomic E-state index is -0.204. The van der Waals surface area contributed by atoms with Crippen LogP contribution in [0.5, 0.6) is 0 Å². The van der Waals surface area contributed by atoms with Crippen molar-refractivity contribution in [2.75, 3.05) is 20.7 Å². The SMILES string of the molecule is CCCC/C(=C/C(=O)OCC)[Se][C]1[CH][CH][CH][C]1[C@@H](C)N(C)C.[CH]1[CH][CH][CH][CH]1.[Fe+2]. The van der Waals surface area contributed by atoms with E-state index in [0.29, 0.717) is 12.6 Å². The van der Waals surface area contributed by atoms with Crippen LogP contribution in [0.1, 0.15) is 40.0 Å². The number of hydrogen-bond acceptors (Lipinski definition) is 3. The molecule has 0 aliphatic heterocycles. The van der Waals surface area contributed by atoms with Gasteiger partial charge >= 0.3 is 160 Å². The number of carbonyl (C=O) groups excluding carboxylic acids is 1. The van der Waals surface area contributed by atoms with Crippen molar-refractivity contribution in [2.45, 2.75) is 46.1 Å². The molecular formula is C23H33FeNO2Se+2. The third-order valence-electron chi connectivity index (χ3n) is 4.17. The number of nitrogens with zero attached hydrogens (tertiary/aromatic N) is 1. The number of carbonyl (C=O) groups is 1. The predicted octanol–water partition coefficient (Wildman–Crippen LogP) is 4.03. The normalized spacial score (nSPS) is 19.1. The largest absolute Gasteiger partial charge is 2.00 e. The van der Waals surface area contributed by atoms with Crippen LogP contribution >= 0.6 is 0 Å². The molecule has 0 N–H and O–H groups in total. The van der Waals surface area contributed by atoms with Gasteiger partial charge in [0.2, 0.25) is 0 Å². The maximum atomic E-state index is 11.8. The van der Waals surface area contributed by atoms with E-state index in [1.165, 1.54) is 15.2 Å². The zero-order valence-electron chi connectivity index (χ0n) is 17.6. The minimum Gasteiger partial charge on any atom is -0.0312 e. The van der Waals surface area contributed by atoms with Crippen LogP contribution < -0.4 is 0 Å². The van der Waals surface area contributed by atoms with E-state index in [2.05, 4.69) is 52.1 Å². The molecule has 1 atom stereocenters. The van der Waals surface area contributed by atoms with Crippen LogP contribution in [0.4, 0.5) is 0 Å². The molecule has 2 aliphatic rings. The molecule has 3 nitrogen and oxygen atoms in total. The Bertz CT molecular complexity index is 431. The third kappa shape index (κ3) is 11.4. The predicted molar refractivity (Wildman–Crippen MR) is 114 cm³/mol. The quantitative estimate of drug-likeness (QED) is 0.278. The molecule has 2 aliphatic carbocycles. The molecule has 28 heavy (non-hydrogen) atoms. The van der Waals surface area contributed by atoms with Gasteiger partial charge in [-0.1, -0.05) is 0 Å². The van der Waals surface area contributed by atoms with Crippen LogP contribution in [-0.2, 0) is 26.6 Å². The number of rotatable bonds is 9. The van der Waals surface area contributed by atoms with Crippen molar-refractivity contribution in [2.24, 2.45) is 0 Å². The van der Waals surface area contributed by atoms with Gasteiger partial charge in [-0.2, -0.15) is 0 Å². The molecule has 0 spiro atoms. The van der Waals surface area contributed by atoms with Crippen molar-refractivity contribution in [1.29, 1.82) is 0 Å². The first-order chi connectivity index (χ1) is 13.0. The van der Waals surface area contributed by atoms with E-state index in [9.17, 15) is 4.79 Å². The Hall–Kier alpha value is 0.209. The summed E-state index contributed by atoms with van der Waals surface area (Å²) in [6, 6.07) is 0.391. The Morgan fingerprint density at radius 1 is 1.11 bits per heavy atom. The summed E-state index contributed by atoms with van der Waals surface area (Å²) in [5.74, 6) is 1.17. The zero-order valence-corrected chi connectivity index (χ0v) is 20.4. The second kappa shape index (κ2) is 16.9. The van der Waals surface area contributed by atoms with E-state index in [-0.39, 0.29) is 38.0 Å². The summed E-state index contributed by atoms with van der Waals surface area (Å²) in [6.07, 6.45) is 21.5. The van der Waals surface area contributed by atoms with Gasteiger partial charge in [0, 0.05) is 0 Å². The summed E-state index contributed by atoms with van der Waals surface area (Å²) in [4.78, 5) is 15.4. The number of ether oxygens (including phenoxy) is 1. The molecule has 0 amide bonds. The molecule has 5 heteroatoms. The van der Waals surface area contributed by atoms with Crippen molar-refractivity contribution in [3.05, 3.63) is 72.6 Å². The summed E-state index contributed by atoms with van der Waals surface area (Å²) in [7, 11) is 4.20.